The number of hydrogen-bond donors (Lipinski definition) is 2. The van der Waals surface area contributed by atoms with E-state index in [2.05, 4.69) is 20.8 Å². The van der Waals surface area contributed by atoms with E-state index >= 15 is 0 Å². The van der Waals surface area contributed by atoms with Crippen molar-refractivity contribution in [3.63, 3.8) is 0 Å². The number of hydrogen-bond acceptors (Lipinski definition) is 7. The zero-order valence-electron chi connectivity index (χ0n) is 15.1. The first kappa shape index (κ1) is 18.8. The standard InChI is InChI=1S/C19H20N4O3S/c1-13-22-15(12-27-13)11-26-23-19(24)16-4-3-5-17(25-2)18(16)21-10-14-6-8-20-9-7-14/h3-9,12,21H,10-11H2,1-2H3,(H,23,24). The number of aryl methyl sites for hydroxylation is 1. The van der Waals surface area contributed by atoms with E-state index in [1.54, 1.807) is 37.7 Å². The first-order chi connectivity index (χ1) is 13.2. The van der Waals surface area contributed by atoms with Crippen LogP contribution in [0.4, 0.5) is 5.69 Å². The van der Waals surface area contributed by atoms with Crippen LogP contribution in [0.25, 0.3) is 0 Å². The number of para-hydroxylation sites is 1. The molecule has 7 nitrogen and oxygen atoms in total. The van der Waals surface area contributed by atoms with Crippen LogP contribution in [0.3, 0.4) is 0 Å². The fraction of sp³-hybridized carbons (Fsp3) is 0.211. The van der Waals surface area contributed by atoms with Gasteiger partial charge in [-0.1, -0.05) is 6.07 Å². The minimum atomic E-state index is -0.363. The van der Waals surface area contributed by atoms with Crippen LogP contribution < -0.4 is 15.5 Å². The number of thiazole rings is 1. The number of benzene rings is 1. The van der Waals surface area contributed by atoms with Crippen molar-refractivity contribution in [1.82, 2.24) is 15.4 Å². The van der Waals surface area contributed by atoms with Crippen molar-refractivity contribution in [2.45, 2.75) is 20.1 Å². The van der Waals surface area contributed by atoms with Crippen LogP contribution in [0, 0.1) is 6.92 Å². The molecule has 0 fully saturated rings. The zero-order valence-corrected chi connectivity index (χ0v) is 15.9. The Balaban J connectivity index is 1.68. The van der Waals surface area contributed by atoms with Gasteiger partial charge >= 0.3 is 0 Å². The number of nitrogens with zero attached hydrogens (tertiary/aromatic N) is 2. The van der Waals surface area contributed by atoms with Crippen LogP contribution in [0.1, 0.15) is 26.6 Å². The van der Waals surface area contributed by atoms with E-state index in [1.165, 1.54) is 11.3 Å². The van der Waals surface area contributed by atoms with Crippen LogP contribution in [-0.2, 0) is 18.0 Å². The van der Waals surface area contributed by atoms with Gasteiger partial charge in [-0.15, -0.1) is 11.3 Å². The van der Waals surface area contributed by atoms with Gasteiger partial charge in [-0.2, -0.15) is 0 Å². The van der Waals surface area contributed by atoms with E-state index in [4.69, 9.17) is 9.57 Å². The number of hydroxylamine groups is 1. The second kappa shape index (κ2) is 9.11. The van der Waals surface area contributed by atoms with Crippen molar-refractivity contribution in [3.05, 3.63) is 69.9 Å². The third-order valence-corrected chi connectivity index (χ3v) is 4.58. The summed E-state index contributed by atoms with van der Waals surface area (Å²) in [6, 6.07) is 9.07. The molecule has 1 amide bonds. The van der Waals surface area contributed by atoms with Crippen molar-refractivity contribution in [1.29, 1.82) is 0 Å². The van der Waals surface area contributed by atoms with E-state index in [0.29, 0.717) is 23.5 Å². The van der Waals surface area contributed by atoms with Crippen LogP contribution >= 0.6 is 11.3 Å². The van der Waals surface area contributed by atoms with Crippen molar-refractivity contribution >= 4 is 22.9 Å². The lowest BCUT2D eigenvalue weighted by Gasteiger charge is -2.15. The molecule has 140 valence electrons. The maximum atomic E-state index is 12.6. The van der Waals surface area contributed by atoms with E-state index in [-0.39, 0.29) is 12.5 Å². The summed E-state index contributed by atoms with van der Waals surface area (Å²) in [6.07, 6.45) is 3.45. The van der Waals surface area contributed by atoms with Gasteiger partial charge < -0.3 is 10.1 Å². The first-order valence-electron chi connectivity index (χ1n) is 8.30. The van der Waals surface area contributed by atoms with Gasteiger partial charge in [0.15, 0.2) is 0 Å². The Morgan fingerprint density at radius 1 is 1.22 bits per heavy atom. The molecule has 27 heavy (non-hydrogen) atoms. The largest absolute Gasteiger partial charge is 0.495 e. The topological polar surface area (TPSA) is 85.4 Å². The number of anilines is 1. The number of aromatic nitrogens is 2. The maximum absolute atomic E-state index is 12.6. The number of carbonyl (C=O) groups excluding carboxylic acids is 1. The smallest absolute Gasteiger partial charge is 0.277 e. The summed E-state index contributed by atoms with van der Waals surface area (Å²) in [4.78, 5) is 26.2. The number of carbonyl (C=O) groups is 1. The van der Waals surface area contributed by atoms with E-state index in [9.17, 15) is 4.79 Å². The van der Waals surface area contributed by atoms with E-state index < -0.39 is 0 Å². The molecule has 0 radical (unpaired) electrons. The highest BCUT2D eigenvalue weighted by Crippen LogP contribution is 2.29. The fourth-order valence-electron chi connectivity index (χ4n) is 2.47. The van der Waals surface area contributed by atoms with Crippen molar-refractivity contribution < 1.29 is 14.4 Å². The van der Waals surface area contributed by atoms with E-state index in [1.807, 2.05) is 24.4 Å². The molecule has 0 aliphatic rings. The predicted octanol–water partition coefficient (Wildman–Crippen LogP) is 3.33. The highest BCUT2D eigenvalue weighted by atomic mass is 32.1. The number of methoxy groups -OCH3 is 1. The van der Waals surface area contributed by atoms with Crippen LogP contribution in [0.2, 0.25) is 0 Å². The molecule has 0 aliphatic heterocycles. The highest BCUT2D eigenvalue weighted by Gasteiger charge is 2.16. The molecule has 1 aromatic carbocycles. The normalized spacial score (nSPS) is 10.4. The minimum absolute atomic E-state index is 0.208. The van der Waals surface area contributed by atoms with Gasteiger partial charge in [-0.05, 0) is 36.8 Å². The van der Waals surface area contributed by atoms with Gasteiger partial charge in [0.2, 0.25) is 0 Å². The number of rotatable bonds is 8. The molecule has 0 spiro atoms. The SMILES string of the molecule is COc1cccc(C(=O)NOCc2csc(C)n2)c1NCc1ccncc1. The number of pyridine rings is 1. The average Bonchev–Trinajstić information content (AvgIpc) is 3.11. The molecule has 2 heterocycles. The lowest BCUT2D eigenvalue weighted by molar-refractivity contribution is 0.0224. The van der Waals surface area contributed by atoms with Gasteiger partial charge in [0, 0.05) is 24.3 Å². The third kappa shape index (κ3) is 5.02. The quantitative estimate of drug-likeness (QED) is 0.580. The summed E-state index contributed by atoms with van der Waals surface area (Å²) in [5.41, 5.74) is 5.31. The van der Waals surface area contributed by atoms with E-state index in [0.717, 1.165) is 16.3 Å². The van der Waals surface area contributed by atoms with Crippen LogP contribution in [0.5, 0.6) is 5.75 Å². The highest BCUT2D eigenvalue weighted by molar-refractivity contribution is 7.09. The number of nitrogens with one attached hydrogen (secondary N) is 2. The molecule has 0 saturated carbocycles. The Bertz CT molecular complexity index is 899. The Morgan fingerprint density at radius 2 is 2.04 bits per heavy atom. The number of amides is 1. The lowest BCUT2D eigenvalue weighted by Crippen LogP contribution is -2.25. The third-order valence-electron chi connectivity index (χ3n) is 3.76. The van der Waals surface area contributed by atoms with Gasteiger partial charge in [0.25, 0.3) is 5.91 Å². The summed E-state index contributed by atoms with van der Waals surface area (Å²) in [6.45, 7) is 2.66. The average molecular weight is 384 g/mol. The van der Waals surface area contributed by atoms with Gasteiger partial charge in [0.05, 0.1) is 29.1 Å². The molecule has 0 unspecified atom stereocenters. The maximum Gasteiger partial charge on any atom is 0.277 e. The van der Waals surface area contributed by atoms with Crippen molar-refractivity contribution in [2.24, 2.45) is 0 Å². The molecule has 0 aliphatic carbocycles. The summed E-state index contributed by atoms with van der Waals surface area (Å²) in [5.74, 6) is 0.213. The minimum Gasteiger partial charge on any atom is -0.495 e. The molecular weight excluding hydrogens is 364 g/mol. The van der Waals surface area contributed by atoms with Gasteiger partial charge in [0.1, 0.15) is 12.4 Å². The van der Waals surface area contributed by atoms with Crippen LogP contribution in [0.15, 0.2) is 48.1 Å². The summed E-state index contributed by atoms with van der Waals surface area (Å²) >= 11 is 1.54. The van der Waals surface area contributed by atoms with Gasteiger partial charge in [-0.3, -0.25) is 14.6 Å². The van der Waals surface area contributed by atoms with Gasteiger partial charge in [-0.25, -0.2) is 10.5 Å². The molecule has 2 N–H and O–H groups in total. The molecule has 3 aromatic rings. The Hall–Kier alpha value is -2.97. The zero-order chi connectivity index (χ0) is 19.1. The molecule has 3 rings (SSSR count). The van der Waals surface area contributed by atoms with Crippen molar-refractivity contribution in [2.75, 3.05) is 12.4 Å². The Kier molecular flexibility index (Phi) is 6.35. The lowest BCUT2D eigenvalue weighted by atomic mass is 10.1. The second-order valence-corrected chi connectivity index (χ2v) is 6.73. The summed E-state index contributed by atoms with van der Waals surface area (Å²) in [5, 5.41) is 6.11. The second-order valence-electron chi connectivity index (χ2n) is 5.67. The molecule has 0 bridgehead atoms. The molecular formula is C19H20N4O3S. The molecule has 8 heteroatoms. The van der Waals surface area contributed by atoms with Crippen molar-refractivity contribution in [3.8, 4) is 5.75 Å². The molecule has 0 saturated heterocycles. The first-order valence-corrected chi connectivity index (χ1v) is 9.18. The molecule has 2 aromatic heterocycles. The number of ether oxygens (including phenoxy) is 1. The Morgan fingerprint density at radius 3 is 2.74 bits per heavy atom. The summed E-state index contributed by atoms with van der Waals surface area (Å²) in [7, 11) is 1.57. The fourth-order valence-corrected chi connectivity index (χ4v) is 3.07. The molecule has 0 atom stereocenters. The summed E-state index contributed by atoms with van der Waals surface area (Å²) < 4.78 is 5.40. The van der Waals surface area contributed by atoms with Crippen LogP contribution in [-0.4, -0.2) is 23.0 Å². The monoisotopic (exact) mass is 384 g/mol. The Labute approximate surface area is 161 Å². The predicted molar refractivity (Wildman–Crippen MR) is 104 cm³/mol.